The van der Waals surface area contributed by atoms with E-state index < -0.39 is 11.7 Å². The summed E-state index contributed by atoms with van der Waals surface area (Å²) in [5.41, 5.74) is 1.28. The molecule has 4 nitrogen and oxygen atoms in total. The molecule has 1 atom stereocenters. The van der Waals surface area contributed by atoms with Crippen molar-refractivity contribution in [3.63, 3.8) is 0 Å². The van der Waals surface area contributed by atoms with Crippen LogP contribution in [0.1, 0.15) is 37.0 Å². The Hall–Kier alpha value is -1.74. The molecular weight excluding hydrogens is 441 g/mol. The predicted octanol–water partition coefficient (Wildman–Crippen LogP) is 6.24. The summed E-state index contributed by atoms with van der Waals surface area (Å²) in [6.45, 7) is 6.73. The Labute approximate surface area is 191 Å². The van der Waals surface area contributed by atoms with Gasteiger partial charge in [-0.25, -0.2) is 0 Å². The second-order valence-corrected chi connectivity index (χ2v) is 8.72. The summed E-state index contributed by atoms with van der Waals surface area (Å²) in [6, 6.07) is 11.4. The van der Waals surface area contributed by atoms with E-state index in [4.69, 9.17) is 18.9 Å². The lowest BCUT2D eigenvalue weighted by molar-refractivity contribution is -0.380. The van der Waals surface area contributed by atoms with Crippen LogP contribution in [0.5, 0.6) is 5.75 Å². The van der Waals surface area contributed by atoms with Crippen LogP contribution in [0, 0.1) is 6.92 Å². The number of halogens is 3. The summed E-state index contributed by atoms with van der Waals surface area (Å²) in [7, 11) is 0. The minimum atomic E-state index is -4.31. The van der Waals surface area contributed by atoms with Gasteiger partial charge in [0.1, 0.15) is 12.4 Å². The third-order valence-electron chi connectivity index (χ3n) is 5.08. The highest BCUT2D eigenvalue weighted by Gasteiger charge is 2.30. The summed E-state index contributed by atoms with van der Waals surface area (Å²) in [4.78, 5) is 1.11. The first-order valence-corrected chi connectivity index (χ1v) is 11.7. The number of hydrogen-bond donors (Lipinski definition) is 0. The lowest BCUT2D eigenvalue weighted by Gasteiger charge is -2.33. The van der Waals surface area contributed by atoms with E-state index in [0.29, 0.717) is 19.6 Å². The zero-order valence-electron chi connectivity index (χ0n) is 18.5. The van der Waals surface area contributed by atoms with Crippen LogP contribution >= 0.6 is 11.8 Å². The van der Waals surface area contributed by atoms with E-state index >= 15 is 0 Å². The average molecular weight is 471 g/mol. The number of rotatable bonds is 11. The van der Waals surface area contributed by atoms with Crippen LogP contribution in [-0.4, -0.2) is 37.7 Å². The van der Waals surface area contributed by atoms with Gasteiger partial charge in [0.05, 0.1) is 11.7 Å². The fourth-order valence-corrected chi connectivity index (χ4v) is 4.44. The number of aryl methyl sites for hydroxylation is 2. The normalized spacial score (nSPS) is 19.4. The van der Waals surface area contributed by atoms with E-state index in [-0.39, 0.29) is 18.7 Å². The Morgan fingerprint density at radius 1 is 1.09 bits per heavy atom. The second-order valence-electron chi connectivity index (χ2n) is 7.63. The van der Waals surface area contributed by atoms with Crippen LogP contribution in [0.4, 0.5) is 13.2 Å². The number of alkyl halides is 3. The Bertz CT molecular complexity index is 851. The van der Waals surface area contributed by atoms with Crippen LogP contribution in [0.15, 0.2) is 47.4 Å². The van der Waals surface area contributed by atoms with E-state index in [0.717, 1.165) is 46.1 Å². The fraction of sp³-hybridized carbons (Fsp3) is 0.500. The molecule has 8 heteroatoms. The molecular formula is C24H29F3O4S. The minimum absolute atomic E-state index is 0.0124. The number of ether oxygens (including phenoxy) is 4. The van der Waals surface area contributed by atoms with Crippen LogP contribution in [-0.2, 0) is 26.8 Å². The molecule has 0 aromatic heterocycles. The maximum Gasteiger partial charge on any atom is 0.416 e. The van der Waals surface area contributed by atoms with Gasteiger partial charge in [0.15, 0.2) is 12.6 Å². The van der Waals surface area contributed by atoms with Gasteiger partial charge in [-0.05, 0) is 75.1 Å². The minimum Gasteiger partial charge on any atom is -0.488 e. The fourth-order valence-electron chi connectivity index (χ4n) is 3.38. The van der Waals surface area contributed by atoms with Crippen molar-refractivity contribution in [3.8, 4) is 5.75 Å². The van der Waals surface area contributed by atoms with Crippen molar-refractivity contribution in [1.29, 1.82) is 0 Å². The monoisotopic (exact) mass is 470 g/mol. The summed E-state index contributed by atoms with van der Waals surface area (Å²) >= 11 is 1.69. The molecule has 1 unspecified atom stereocenters. The largest absolute Gasteiger partial charge is 0.488 e. The smallest absolute Gasteiger partial charge is 0.416 e. The first-order valence-electron chi connectivity index (χ1n) is 10.7. The summed E-state index contributed by atoms with van der Waals surface area (Å²) in [5.74, 6) is 1.56. The molecule has 0 saturated carbocycles. The molecule has 0 bridgehead atoms. The van der Waals surface area contributed by atoms with Crippen molar-refractivity contribution in [2.75, 3.05) is 19.0 Å². The topological polar surface area (TPSA) is 36.9 Å². The second kappa shape index (κ2) is 11.4. The standard InChI is InChI=1S/C24H29F3O4S/c1-4-28-20(10-7-18-5-8-19(9-6-18)24(25,26)27)15-32-21-11-12-22(16(2)13-21)29-14-23-30-17(3)31-23/h5-6,8-9,11-13,17,20,23H,4,7,10,14-15H2,1-3H3. The van der Waals surface area contributed by atoms with E-state index in [1.807, 2.05) is 32.9 Å². The molecule has 0 N–H and O–H groups in total. The maximum atomic E-state index is 12.7. The molecule has 2 aromatic rings. The van der Waals surface area contributed by atoms with Gasteiger partial charge in [-0.3, -0.25) is 0 Å². The van der Waals surface area contributed by atoms with Crippen LogP contribution in [0.2, 0.25) is 0 Å². The predicted molar refractivity (Wildman–Crippen MR) is 118 cm³/mol. The van der Waals surface area contributed by atoms with Gasteiger partial charge >= 0.3 is 6.18 Å². The van der Waals surface area contributed by atoms with Gasteiger partial charge in [0.2, 0.25) is 0 Å². The highest BCUT2D eigenvalue weighted by Crippen LogP contribution is 2.30. The Morgan fingerprint density at radius 2 is 1.81 bits per heavy atom. The molecule has 32 heavy (non-hydrogen) atoms. The molecule has 0 aliphatic carbocycles. The zero-order valence-corrected chi connectivity index (χ0v) is 19.3. The van der Waals surface area contributed by atoms with Crippen molar-refractivity contribution in [2.45, 2.75) is 63.4 Å². The summed E-state index contributed by atoms with van der Waals surface area (Å²) in [5, 5.41) is 0. The Balaban J connectivity index is 1.47. The van der Waals surface area contributed by atoms with Crippen molar-refractivity contribution < 1.29 is 32.1 Å². The van der Waals surface area contributed by atoms with Gasteiger partial charge in [0.25, 0.3) is 0 Å². The van der Waals surface area contributed by atoms with Gasteiger partial charge < -0.3 is 18.9 Å². The molecule has 3 rings (SSSR count). The van der Waals surface area contributed by atoms with E-state index in [1.54, 1.807) is 23.9 Å². The number of benzene rings is 2. The Morgan fingerprint density at radius 3 is 2.41 bits per heavy atom. The quantitative estimate of drug-likeness (QED) is 0.363. The SMILES string of the molecule is CCOC(CCc1ccc(C(F)(F)F)cc1)CSc1ccc(OCC2OC(C)O2)c(C)c1. The molecule has 0 amide bonds. The first kappa shape index (κ1) is 24.9. The third-order valence-corrected chi connectivity index (χ3v) is 6.21. The summed E-state index contributed by atoms with van der Waals surface area (Å²) in [6.07, 6.45) is -3.36. The van der Waals surface area contributed by atoms with Gasteiger partial charge in [-0.2, -0.15) is 13.2 Å². The molecule has 1 saturated heterocycles. The van der Waals surface area contributed by atoms with Crippen LogP contribution in [0.3, 0.4) is 0 Å². The molecule has 176 valence electrons. The van der Waals surface area contributed by atoms with Crippen molar-refractivity contribution in [3.05, 3.63) is 59.2 Å². The van der Waals surface area contributed by atoms with E-state index in [1.165, 1.54) is 0 Å². The molecule has 0 radical (unpaired) electrons. The maximum absolute atomic E-state index is 12.7. The van der Waals surface area contributed by atoms with E-state index in [2.05, 4.69) is 6.07 Å². The van der Waals surface area contributed by atoms with Gasteiger partial charge in [0, 0.05) is 17.3 Å². The van der Waals surface area contributed by atoms with Crippen LogP contribution < -0.4 is 4.74 Å². The third kappa shape index (κ3) is 7.40. The van der Waals surface area contributed by atoms with E-state index in [9.17, 15) is 13.2 Å². The lowest BCUT2D eigenvalue weighted by atomic mass is 10.1. The molecule has 0 spiro atoms. The molecule has 1 aliphatic heterocycles. The lowest BCUT2D eigenvalue weighted by Crippen LogP contribution is -2.42. The average Bonchev–Trinajstić information content (AvgIpc) is 2.73. The zero-order chi connectivity index (χ0) is 23.1. The van der Waals surface area contributed by atoms with Crippen molar-refractivity contribution in [2.24, 2.45) is 0 Å². The van der Waals surface area contributed by atoms with Crippen molar-refractivity contribution >= 4 is 11.8 Å². The van der Waals surface area contributed by atoms with Crippen LogP contribution in [0.25, 0.3) is 0 Å². The molecule has 2 aromatic carbocycles. The first-order chi connectivity index (χ1) is 15.2. The highest BCUT2D eigenvalue weighted by atomic mass is 32.2. The Kier molecular flexibility index (Phi) is 8.87. The number of hydrogen-bond acceptors (Lipinski definition) is 5. The molecule has 1 heterocycles. The number of thioether (sulfide) groups is 1. The van der Waals surface area contributed by atoms with Gasteiger partial charge in [-0.15, -0.1) is 11.8 Å². The highest BCUT2D eigenvalue weighted by molar-refractivity contribution is 7.99. The van der Waals surface area contributed by atoms with Gasteiger partial charge in [-0.1, -0.05) is 12.1 Å². The molecule has 1 aliphatic rings. The molecule has 1 fully saturated rings. The summed E-state index contributed by atoms with van der Waals surface area (Å²) < 4.78 is 60.5. The van der Waals surface area contributed by atoms with Crippen molar-refractivity contribution in [1.82, 2.24) is 0 Å².